The number of unbranched alkanes of at least 4 members (excludes halogenated alkanes) is 1. The zero-order valence-corrected chi connectivity index (χ0v) is 14.1. The first-order valence-corrected chi connectivity index (χ1v) is 6.67. The van der Waals surface area contributed by atoms with E-state index in [1.165, 1.54) is 0 Å². The van der Waals surface area contributed by atoms with E-state index in [4.69, 9.17) is 0 Å². The Hall–Kier alpha value is -0.198. The number of allylic oxidation sites excluding steroid dienone is 6. The van der Waals surface area contributed by atoms with Crippen LogP contribution in [0.1, 0.15) is 12.8 Å². The van der Waals surface area contributed by atoms with E-state index in [-0.39, 0.29) is 17.4 Å². The minimum atomic E-state index is -1.05. The molecule has 0 aromatic rings. The summed E-state index contributed by atoms with van der Waals surface area (Å²) in [5.74, 6) is 0. The monoisotopic (exact) mass is 323 g/mol. The van der Waals surface area contributed by atoms with Crippen molar-refractivity contribution in [2.75, 3.05) is 21.3 Å². The number of rotatable bonds is 6. The molecule has 1 aliphatic carbocycles. The van der Waals surface area contributed by atoms with Gasteiger partial charge >= 0.3 is 8.60 Å². The van der Waals surface area contributed by atoms with Gasteiger partial charge in [0.05, 0.1) is 0 Å². The third-order valence-electron chi connectivity index (χ3n) is 1.58. The van der Waals surface area contributed by atoms with Gasteiger partial charge in [-0.25, -0.2) is 0 Å². The van der Waals surface area contributed by atoms with Crippen LogP contribution in [0.4, 0.5) is 0 Å². The molecule has 19 heavy (non-hydrogen) atoms. The molecular weight excluding hydrogens is 299 g/mol. The summed E-state index contributed by atoms with van der Waals surface area (Å²) < 4.78 is 14.0. The second-order valence-electron chi connectivity index (χ2n) is 2.89. The third-order valence-corrected chi connectivity index (χ3v) is 2.47. The molecule has 0 fully saturated rings. The van der Waals surface area contributed by atoms with Gasteiger partial charge in [0, 0.05) is 45.1 Å². The third kappa shape index (κ3) is 23.3. The molecule has 0 saturated heterocycles. The molecule has 0 aromatic carbocycles. The fraction of sp³-hybridized carbons (Fsp3) is 0.357. The van der Waals surface area contributed by atoms with E-state index in [2.05, 4.69) is 26.7 Å². The predicted octanol–water partition coefficient (Wildman–Crippen LogP) is 4.61. The van der Waals surface area contributed by atoms with Gasteiger partial charge < -0.3 is 13.6 Å². The van der Waals surface area contributed by atoms with Crippen molar-refractivity contribution in [2.45, 2.75) is 12.8 Å². The topological polar surface area (TPSA) is 27.7 Å². The van der Waals surface area contributed by atoms with Gasteiger partial charge in [-0.15, -0.1) is 13.2 Å². The van der Waals surface area contributed by atoms with Crippen LogP contribution in [0.2, 0.25) is 0 Å². The molecule has 109 valence electrons. The van der Waals surface area contributed by atoms with Crippen LogP contribution in [0.5, 0.6) is 0 Å². The first kappa shape index (κ1) is 23.9. The SMILES string of the molecule is C=CCCC=C.COP(OC)OC.[CH]1C=CC=C1.[Cr]. The average Bonchev–Trinajstić information content (AvgIpc) is 2.98. The van der Waals surface area contributed by atoms with Crippen molar-refractivity contribution in [3.05, 3.63) is 56.0 Å². The summed E-state index contributed by atoms with van der Waals surface area (Å²) >= 11 is 0. The fourth-order valence-corrected chi connectivity index (χ4v) is 1.23. The zero-order chi connectivity index (χ0) is 14.1. The van der Waals surface area contributed by atoms with E-state index < -0.39 is 8.60 Å². The van der Waals surface area contributed by atoms with E-state index in [0.29, 0.717) is 0 Å². The zero-order valence-electron chi connectivity index (χ0n) is 12.0. The van der Waals surface area contributed by atoms with Crippen molar-refractivity contribution in [2.24, 2.45) is 0 Å². The molecule has 1 rings (SSSR count). The first-order valence-electron chi connectivity index (χ1n) is 5.57. The second-order valence-corrected chi connectivity index (χ2v) is 4.43. The molecule has 0 aromatic heterocycles. The van der Waals surface area contributed by atoms with Crippen molar-refractivity contribution < 1.29 is 30.9 Å². The van der Waals surface area contributed by atoms with E-state index in [1.54, 1.807) is 21.3 Å². The summed E-state index contributed by atoms with van der Waals surface area (Å²) in [4.78, 5) is 0. The van der Waals surface area contributed by atoms with Gasteiger partial charge in [0.2, 0.25) is 0 Å². The van der Waals surface area contributed by atoms with Crippen LogP contribution < -0.4 is 0 Å². The van der Waals surface area contributed by atoms with Gasteiger partial charge in [-0.2, -0.15) is 0 Å². The van der Waals surface area contributed by atoms with Gasteiger partial charge in [0.15, 0.2) is 0 Å². The van der Waals surface area contributed by atoms with Crippen molar-refractivity contribution in [1.82, 2.24) is 0 Å². The molecule has 0 spiro atoms. The molecule has 0 atom stereocenters. The van der Waals surface area contributed by atoms with Gasteiger partial charge in [0.25, 0.3) is 0 Å². The summed E-state index contributed by atoms with van der Waals surface area (Å²) in [6, 6.07) is 0. The van der Waals surface area contributed by atoms with Crippen molar-refractivity contribution in [3.63, 3.8) is 0 Å². The fourth-order valence-electron chi connectivity index (χ4n) is 0.780. The van der Waals surface area contributed by atoms with Crippen molar-refractivity contribution in [3.8, 4) is 0 Å². The second kappa shape index (κ2) is 22.9. The molecule has 5 heteroatoms. The van der Waals surface area contributed by atoms with Crippen LogP contribution in [0, 0.1) is 6.42 Å². The Balaban J connectivity index is -0.000000199. The Morgan fingerprint density at radius 1 is 0.842 bits per heavy atom. The Labute approximate surface area is 130 Å². The summed E-state index contributed by atoms with van der Waals surface area (Å²) in [5, 5.41) is 0. The predicted molar refractivity (Wildman–Crippen MR) is 80.2 cm³/mol. The summed E-state index contributed by atoms with van der Waals surface area (Å²) in [5.41, 5.74) is 0. The molecule has 0 aliphatic heterocycles. The van der Waals surface area contributed by atoms with Crippen LogP contribution in [0.25, 0.3) is 0 Å². The summed E-state index contributed by atoms with van der Waals surface area (Å²) in [7, 11) is 3.57. The molecule has 0 amide bonds. The Morgan fingerprint density at radius 2 is 1.21 bits per heavy atom. The Kier molecular flexibility index (Phi) is 28.8. The van der Waals surface area contributed by atoms with E-state index in [1.807, 2.05) is 42.9 Å². The number of hydrogen-bond acceptors (Lipinski definition) is 3. The maximum Gasteiger partial charge on any atom is 0.331 e. The molecule has 0 bridgehead atoms. The van der Waals surface area contributed by atoms with Crippen LogP contribution in [0.3, 0.4) is 0 Å². The van der Waals surface area contributed by atoms with Crippen LogP contribution in [-0.2, 0) is 30.9 Å². The normalized spacial score (nSPS) is 10.7. The Bertz CT molecular complexity index is 215. The van der Waals surface area contributed by atoms with Crippen molar-refractivity contribution >= 4 is 8.60 Å². The van der Waals surface area contributed by atoms with E-state index in [9.17, 15) is 0 Å². The molecule has 0 saturated carbocycles. The average molecular weight is 323 g/mol. The molecular formula is C14H24CrO3P. The Morgan fingerprint density at radius 3 is 1.32 bits per heavy atom. The van der Waals surface area contributed by atoms with Gasteiger partial charge in [-0.1, -0.05) is 36.5 Å². The maximum absolute atomic E-state index is 4.67. The first-order chi connectivity index (χ1) is 8.76. The molecule has 1 radical (unpaired) electrons. The molecule has 1 aliphatic rings. The van der Waals surface area contributed by atoms with Crippen molar-refractivity contribution in [1.29, 1.82) is 0 Å². The molecule has 3 nitrogen and oxygen atoms in total. The minimum Gasteiger partial charge on any atom is -0.316 e. The molecule has 0 N–H and O–H groups in total. The van der Waals surface area contributed by atoms with E-state index >= 15 is 0 Å². The maximum atomic E-state index is 4.67. The molecule has 0 unspecified atom stereocenters. The number of hydrogen-bond donors (Lipinski definition) is 0. The van der Waals surface area contributed by atoms with Crippen LogP contribution >= 0.6 is 8.60 Å². The quantitative estimate of drug-likeness (QED) is 0.406. The standard InChI is InChI=1S/C6H10.C5H5.C3H9O3P.Cr/c1-3-5-6-4-2;1-2-4-5-3-1;1-4-7(5-2)6-3;/h3-4H,1-2,5-6H2;1-5H;1-3H3;. The van der Waals surface area contributed by atoms with Gasteiger partial charge in [-0.05, 0) is 12.8 Å². The largest absolute Gasteiger partial charge is 0.331 e. The molecule has 0 heterocycles. The summed E-state index contributed by atoms with van der Waals surface area (Å²) in [6.45, 7) is 7.10. The van der Waals surface area contributed by atoms with Crippen LogP contribution in [0.15, 0.2) is 49.6 Å². The minimum absolute atomic E-state index is 0. The van der Waals surface area contributed by atoms with Gasteiger partial charge in [-0.3, -0.25) is 0 Å². The smallest absolute Gasteiger partial charge is 0.316 e. The van der Waals surface area contributed by atoms with Gasteiger partial charge in [0.1, 0.15) is 0 Å². The van der Waals surface area contributed by atoms with E-state index in [0.717, 1.165) is 12.8 Å². The van der Waals surface area contributed by atoms with Crippen LogP contribution in [-0.4, -0.2) is 21.3 Å². The summed E-state index contributed by atoms with van der Waals surface area (Å²) in [6.07, 6.45) is 15.9.